The summed E-state index contributed by atoms with van der Waals surface area (Å²) in [5, 5.41) is 0. The highest BCUT2D eigenvalue weighted by molar-refractivity contribution is 5.78. The average molecular weight is 241 g/mol. The molecule has 100 valence electrons. The Morgan fingerprint density at radius 1 is 1.24 bits per heavy atom. The minimum absolute atomic E-state index is 0.187. The lowest BCUT2D eigenvalue weighted by Crippen LogP contribution is -2.50. The third-order valence-electron chi connectivity index (χ3n) is 3.73. The van der Waals surface area contributed by atoms with Crippen molar-refractivity contribution in [2.75, 3.05) is 39.3 Å². The third-order valence-corrected chi connectivity index (χ3v) is 3.73. The Bertz CT molecular complexity index is 225. The van der Waals surface area contributed by atoms with E-state index < -0.39 is 0 Å². The van der Waals surface area contributed by atoms with Gasteiger partial charge in [0.05, 0.1) is 0 Å². The molecule has 4 heteroatoms. The molecule has 1 amide bonds. The molecule has 0 saturated carbocycles. The van der Waals surface area contributed by atoms with Crippen LogP contribution in [0.5, 0.6) is 0 Å². The van der Waals surface area contributed by atoms with Gasteiger partial charge >= 0.3 is 0 Å². The van der Waals surface area contributed by atoms with E-state index in [0.29, 0.717) is 12.5 Å². The average Bonchev–Trinajstić information content (AvgIpc) is 2.39. The summed E-state index contributed by atoms with van der Waals surface area (Å²) in [4.78, 5) is 16.7. The number of nitrogens with two attached hydrogens (primary N) is 1. The van der Waals surface area contributed by atoms with Crippen LogP contribution in [0.2, 0.25) is 0 Å². The van der Waals surface area contributed by atoms with Gasteiger partial charge in [-0.3, -0.25) is 4.79 Å². The van der Waals surface area contributed by atoms with E-state index in [1.54, 1.807) is 0 Å². The molecule has 2 N–H and O–H groups in total. The van der Waals surface area contributed by atoms with Crippen LogP contribution in [0.3, 0.4) is 0 Å². The molecule has 1 unspecified atom stereocenters. The van der Waals surface area contributed by atoms with Gasteiger partial charge in [-0.05, 0) is 32.4 Å². The number of nitrogens with zero attached hydrogens (tertiary/aromatic N) is 2. The number of rotatable bonds is 6. The fourth-order valence-corrected chi connectivity index (χ4v) is 2.41. The van der Waals surface area contributed by atoms with E-state index in [9.17, 15) is 4.79 Å². The van der Waals surface area contributed by atoms with Crippen molar-refractivity contribution in [1.82, 2.24) is 9.80 Å². The highest BCUT2D eigenvalue weighted by Gasteiger charge is 2.25. The van der Waals surface area contributed by atoms with Gasteiger partial charge in [0, 0.05) is 32.1 Å². The number of carbonyl (C=O) groups is 1. The lowest BCUT2D eigenvalue weighted by Gasteiger charge is -2.35. The van der Waals surface area contributed by atoms with Crippen LogP contribution in [0.1, 0.15) is 33.1 Å². The monoisotopic (exact) mass is 241 g/mol. The van der Waals surface area contributed by atoms with E-state index in [2.05, 4.69) is 18.7 Å². The molecule has 1 aliphatic heterocycles. The first-order valence-electron chi connectivity index (χ1n) is 6.94. The summed E-state index contributed by atoms with van der Waals surface area (Å²) in [6, 6.07) is 0. The molecule has 4 nitrogen and oxygen atoms in total. The topological polar surface area (TPSA) is 49.6 Å². The Kier molecular flexibility index (Phi) is 6.52. The first kappa shape index (κ1) is 14.5. The maximum Gasteiger partial charge on any atom is 0.225 e. The maximum atomic E-state index is 12.3. The second kappa shape index (κ2) is 7.67. The molecule has 17 heavy (non-hydrogen) atoms. The second-order valence-corrected chi connectivity index (χ2v) is 4.80. The zero-order chi connectivity index (χ0) is 12.7. The van der Waals surface area contributed by atoms with Crippen molar-refractivity contribution in [3.8, 4) is 0 Å². The van der Waals surface area contributed by atoms with E-state index in [0.717, 1.165) is 52.0 Å². The molecular formula is C13H27N3O. The quantitative estimate of drug-likeness (QED) is 0.752. The Balaban J connectivity index is 2.40. The van der Waals surface area contributed by atoms with E-state index in [-0.39, 0.29) is 5.92 Å². The summed E-state index contributed by atoms with van der Waals surface area (Å²) in [6.45, 7) is 9.89. The van der Waals surface area contributed by atoms with Gasteiger partial charge in [0.15, 0.2) is 0 Å². The van der Waals surface area contributed by atoms with Crippen LogP contribution in [0, 0.1) is 5.92 Å². The molecule has 0 aliphatic carbocycles. The van der Waals surface area contributed by atoms with Crippen LogP contribution in [0.25, 0.3) is 0 Å². The Morgan fingerprint density at radius 3 is 2.35 bits per heavy atom. The summed E-state index contributed by atoms with van der Waals surface area (Å²) in [5.41, 5.74) is 5.51. The molecule has 0 radical (unpaired) electrons. The molecule has 0 aromatic carbocycles. The van der Waals surface area contributed by atoms with Crippen molar-refractivity contribution in [1.29, 1.82) is 0 Å². The number of amides is 1. The molecule has 1 saturated heterocycles. The smallest absolute Gasteiger partial charge is 0.225 e. The number of piperazine rings is 1. The lowest BCUT2D eigenvalue weighted by atomic mass is 9.98. The molecule has 1 fully saturated rings. The standard InChI is InChI=1S/C13H27N3O/c1-3-12(6-5-7-14)13(17)16-10-8-15(4-2)9-11-16/h12H,3-11,14H2,1-2H3. The zero-order valence-electron chi connectivity index (χ0n) is 11.3. The van der Waals surface area contributed by atoms with E-state index in [1.807, 2.05) is 4.90 Å². The Labute approximate surface area is 105 Å². The molecule has 0 spiro atoms. The molecule has 0 bridgehead atoms. The predicted molar refractivity (Wildman–Crippen MR) is 70.8 cm³/mol. The van der Waals surface area contributed by atoms with Gasteiger partial charge in [-0.2, -0.15) is 0 Å². The van der Waals surface area contributed by atoms with Crippen molar-refractivity contribution in [3.05, 3.63) is 0 Å². The van der Waals surface area contributed by atoms with Crippen LogP contribution < -0.4 is 5.73 Å². The molecule has 0 aromatic heterocycles. The number of carbonyl (C=O) groups excluding carboxylic acids is 1. The van der Waals surface area contributed by atoms with Gasteiger partial charge in [0.1, 0.15) is 0 Å². The van der Waals surface area contributed by atoms with Gasteiger partial charge < -0.3 is 15.5 Å². The van der Waals surface area contributed by atoms with Gasteiger partial charge in [0.25, 0.3) is 0 Å². The first-order valence-corrected chi connectivity index (χ1v) is 6.94. The largest absolute Gasteiger partial charge is 0.340 e. The first-order chi connectivity index (χ1) is 8.22. The fourth-order valence-electron chi connectivity index (χ4n) is 2.41. The minimum atomic E-state index is 0.187. The summed E-state index contributed by atoms with van der Waals surface area (Å²) in [7, 11) is 0. The van der Waals surface area contributed by atoms with Crippen LogP contribution in [-0.2, 0) is 4.79 Å². The van der Waals surface area contributed by atoms with Gasteiger partial charge in [0.2, 0.25) is 5.91 Å². The molecule has 0 aromatic rings. The van der Waals surface area contributed by atoms with Gasteiger partial charge in [-0.1, -0.05) is 13.8 Å². The lowest BCUT2D eigenvalue weighted by molar-refractivity contribution is -0.137. The van der Waals surface area contributed by atoms with Gasteiger partial charge in [-0.25, -0.2) is 0 Å². The van der Waals surface area contributed by atoms with Crippen molar-refractivity contribution in [3.63, 3.8) is 0 Å². The number of hydrogen-bond donors (Lipinski definition) is 1. The minimum Gasteiger partial charge on any atom is -0.340 e. The zero-order valence-corrected chi connectivity index (χ0v) is 11.3. The van der Waals surface area contributed by atoms with Crippen LogP contribution >= 0.6 is 0 Å². The highest BCUT2D eigenvalue weighted by Crippen LogP contribution is 2.15. The normalized spacial score (nSPS) is 19.4. The third kappa shape index (κ3) is 4.28. The van der Waals surface area contributed by atoms with E-state index in [1.165, 1.54) is 0 Å². The number of likely N-dealkylation sites (N-methyl/N-ethyl adjacent to an activating group) is 1. The van der Waals surface area contributed by atoms with E-state index >= 15 is 0 Å². The maximum absolute atomic E-state index is 12.3. The predicted octanol–water partition coefficient (Wildman–Crippen LogP) is 0.916. The highest BCUT2D eigenvalue weighted by atomic mass is 16.2. The van der Waals surface area contributed by atoms with Crippen molar-refractivity contribution >= 4 is 5.91 Å². The molecule has 1 atom stereocenters. The molecule has 1 heterocycles. The second-order valence-electron chi connectivity index (χ2n) is 4.80. The van der Waals surface area contributed by atoms with Crippen LogP contribution in [-0.4, -0.2) is 55.0 Å². The van der Waals surface area contributed by atoms with E-state index in [4.69, 9.17) is 5.73 Å². The molecular weight excluding hydrogens is 214 g/mol. The van der Waals surface area contributed by atoms with Crippen molar-refractivity contribution in [2.24, 2.45) is 11.7 Å². The SMILES string of the molecule is CCC(CCCN)C(=O)N1CCN(CC)CC1. The Hall–Kier alpha value is -0.610. The van der Waals surface area contributed by atoms with Crippen molar-refractivity contribution in [2.45, 2.75) is 33.1 Å². The van der Waals surface area contributed by atoms with Gasteiger partial charge in [-0.15, -0.1) is 0 Å². The van der Waals surface area contributed by atoms with Crippen molar-refractivity contribution < 1.29 is 4.79 Å². The number of hydrogen-bond acceptors (Lipinski definition) is 3. The Morgan fingerprint density at radius 2 is 1.88 bits per heavy atom. The fraction of sp³-hybridized carbons (Fsp3) is 0.923. The summed E-state index contributed by atoms with van der Waals surface area (Å²) >= 11 is 0. The molecule has 1 aliphatic rings. The van der Waals surface area contributed by atoms with Crippen LogP contribution in [0.15, 0.2) is 0 Å². The summed E-state index contributed by atoms with van der Waals surface area (Å²) in [6.07, 6.45) is 2.84. The molecule has 1 rings (SSSR count). The summed E-state index contributed by atoms with van der Waals surface area (Å²) in [5.74, 6) is 0.531. The summed E-state index contributed by atoms with van der Waals surface area (Å²) < 4.78 is 0. The van der Waals surface area contributed by atoms with Crippen LogP contribution in [0.4, 0.5) is 0 Å².